The quantitative estimate of drug-likeness (QED) is 0.846. The number of nitrogens with one attached hydrogen (secondary N) is 1. The van der Waals surface area contributed by atoms with Crippen LogP contribution in [0.3, 0.4) is 0 Å². The summed E-state index contributed by atoms with van der Waals surface area (Å²) >= 11 is 0. The second-order valence-corrected chi connectivity index (χ2v) is 5.15. The van der Waals surface area contributed by atoms with Gasteiger partial charge in [0.2, 0.25) is 0 Å². The maximum Gasteiger partial charge on any atom is 0.251 e. The Balaban J connectivity index is 2.06. The van der Waals surface area contributed by atoms with Crippen LogP contribution >= 0.6 is 0 Å². The molecular formula is C15H21NO5. The molecule has 0 saturated carbocycles. The Morgan fingerprint density at radius 2 is 2.00 bits per heavy atom. The van der Waals surface area contributed by atoms with Crippen molar-refractivity contribution in [1.29, 1.82) is 0 Å². The molecule has 1 amide bonds. The summed E-state index contributed by atoms with van der Waals surface area (Å²) in [5, 5.41) is 13.1. The van der Waals surface area contributed by atoms with E-state index < -0.39 is 5.60 Å². The molecule has 1 aromatic carbocycles. The number of hydrogen-bond acceptors (Lipinski definition) is 5. The number of carbonyl (C=O) groups excluding carboxylic acids is 1. The van der Waals surface area contributed by atoms with Crippen molar-refractivity contribution in [2.45, 2.75) is 25.0 Å². The van der Waals surface area contributed by atoms with Crippen LogP contribution in [0.25, 0.3) is 0 Å². The van der Waals surface area contributed by atoms with Crippen molar-refractivity contribution in [3.8, 4) is 11.5 Å². The number of carbonyl (C=O) groups is 1. The molecule has 2 unspecified atom stereocenters. The Bertz CT molecular complexity index is 497. The molecule has 0 bridgehead atoms. The van der Waals surface area contributed by atoms with Crippen molar-refractivity contribution in [2.75, 3.05) is 27.4 Å². The van der Waals surface area contributed by atoms with Crippen LogP contribution in [0.1, 0.15) is 23.7 Å². The van der Waals surface area contributed by atoms with Gasteiger partial charge in [-0.3, -0.25) is 4.79 Å². The van der Waals surface area contributed by atoms with Crippen LogP contribution in [0.15, 0.2) is 18.2 Å². The fraction of sp³-hybridized carbons (Fsp3) is 0.533. The van der Waals surface area contributed by atoms with Crippen molar-refractivity contribution in [3.05, 3.63) is 23.8 Å². The van der Waals surface area contributed by atoms with E-state index in [1.54, 1.807) is 25.1 Å². The van der Waals surface area contributed by atoms with E-state index >= 15 is 0 Å². The van der Waals surface area contributed by atoms with E-state index in [2.05, 4.69) is 5.32 Å². The van der Waals surface area contributed by atoms with Crippen molar-refractivity contribution in [1.82, 2.24) is 5.32 Å². The number of methoxy groups -OCH3 is 2. The maximum atomic E-state index is 12.2. The molecule has 1 aromatic rings. The second kappa shape index (κ2) is 6.32. The summed E-state index contributed by atoms with van der Waals surface area (Å²) < 4.78 is 15.6. The highest BCUT2D eigenvalue weighted by Crippen LogP contribution is 2.25. The predicted molar refractivity (Wildman–Crippen MR) is 76.9 cm³/mol. The largest absolute Gasteiger partial charge is 0.497 e. The lowest BCUT2D eigenvalue weighted by Gasteiger charge is -2.26. The lowest BCUT2D eigenvalue weighted by molar-refractivity contribution is -0.0251. The highest BCUT2D eigenvalue weighted by atomic mass is 16.5. The van der Waals surface area contributed by atoms with Crippen LogP contribution < -0.4 is 14.8 Å². The Kier molecular flexibility index (Phi) is 4.69. The zero-order valence-electron chi connectivity index (χ0n) is 12.5. The standard InChI is InChI=1S/C15H21NO5/c1-10-15(18,4-5-21-10)9-16-14(17)11-6-12(19-2)8-13(7-11)20-3/h6-8,10,18H,4-5,9H2,1-3H3,(H,16,17). The highest BCUT2D eigenvalue weighted by Gasteiger charge is 2.39. The van der Waals surface area contributed by atoms with Crippen molar-refractivity contribution in [3.63, 3.8) is 0 Å². The summed E-state index contributed by atoms with van der Waals surface area (Å²) in [4.78, 5) is 12.2. The molecule has 1 aliphatic rings. The molecule has 2 N–H and O–H groups in total. The van der Waals surface area contributed by atoms with E-state index in [1.165, 1.54) is 14.2 Å². The van der Waals surface area contributed by atoms with Crippen LogP contribution in [-0.4, -0.2) is 50.1 Å². The molecular weight excluding hydrogens is 274 g/mol. The van der Waals surface area contributed by atoms with E-state index in [0.29, 0.717) is 30.1 Å². The van der Waals surface area contributed by atoms with E-state index in [0.717, 1.165) is 0 Å². The smallest absolute Gasteiger partial charge is 0.251 e. The molecule has 1 aliphatic heterocycles. The van der Waals surface area contributed by atoms with Crippen molar-refractivity contribution >= 4 is 5.91 Å². The van der Waals surface area contributed by atoms with E-state index in [9.17, 15) is 9.90 Å². The molecule has 6 heteroatoms. The van der Waals surface area contributed by atoms with Gasteiger partial charge in [-0.2, -0.15) is 0 Å². The third-order valence-corrected chi connectivity index (χ3v) is 3.83. The van der Waals surface area contributed by atoms with Gasteiger partial charge in [0.25, 0.3) is 5.91 Å². The van der Waals surface area contributed by atoms with Crippen LogP contribution in [0.4, 0.5) is 0 Å². The Morgan fingerprint density at radius 3 is 2.48 bits per heavy atom. The third kappa shape index (κ3) is 3.46. The number of benzene rings is 1. The minimum absolute atomic E-state index is 0.145. The molecule has 0 aliphatic carbocycles. The monoisotopic (exact) mass is 295 g/mol. The first-order valence-corrected chi connectivity index (χ1v) is 6.84. The number of amides is 1. The molecule has 1 fully saturated rings. The third-order valence-electron chi connectivity index (χ3n) is 3.83. The molecule has 0 spiro atoms. The maximum absolute atomic E-state index is 12.2. The van der Waals surface area contributed by atoms with Crippen LogP contribution in [0, 0.1) is 0 Å². The molecule has 2 rings (SSSR count). The van der Waals surface area contributed by atoms with Crippen LogP contribution in [0.5, 0.6) is 11.5 Å². The first kappa shape index (κ1) is 15.6. The summed E-state index contributed by atoms with van der Waals surface area (Å²) in [6, 6.07) is 4.93. The van der Waals surface area contributed by atoms with Crippen molar-refractivity contribution < 1.29 is 24.1 Å². The molecule has 0 radical (unpaired) electrons. The molecule has 1 heterocycles. The van der Waals surface area contributed by atoms with Gasteiger partial charge in [-0.15, -0.1) is 0 Å². The predicted octanol–water partition coefficient (Wildman–Crippen LogP) is 0.973. The summed E-state index contributed by atoms with van der Waals surface area (Å²) in [7, 11) is 3.05. The van der Waals surface area contributed by atoms with E-state index in [1.807, 2.05) is 0 Å². The van der Waals surface area contributed by atoms with Gasteiger partial charge in [-0.1, -0.05) is 0 Å². The zero-order valence-corrected chi connectivity index (χ0v) is 12.5. The number of rotatable bonds is 5. The summed E-state index contributed by atoms with van der Waals surface area (Å²) in [5.41, 5.74) is -0.597. The second-order valence-electron chi connectivity index (χ2n) is 5.15. The lowest BCUT2D eigenvalue weighted by atomic mass is 9.96. The summed E-state index contributed by atoms with van der Waals surface area (Å²) in [6.07, 6.45) is 0.216. The fourth-order valence-electron chi connectivity index (χ4n) is 2.28. The lowest BCUT2D eigenvalue weighted by Crippen LogP contribution is -2.47. The van der Waals surface area contributed by atoms with Gasteiger partial charge in [0.05, 0.1) is 20.3 Å². The minimum Gasteiger partial charge on any atom is -0.497 e. The first-order valence-electron chi connectivity index (χ1n) is 6.84. The van der Waals surface area contributed by atoms with Crippen LogP contribution in [0.2, 0.25) is 0 Å². The van der Waals surface area contributed by atoms with Gasteiger partial charge in [-0.05, 0) is 19.1 Å². The molecule has 116 valence electrons. The minimum atomic E-state index is -1.02. The summed E-state index contributed by atoms with van der Waals surface area (Å²) in [6.45, 7) is 2.45. The first-order chi connectivity index (χ1) is 9.98. The molecule has 0 aromatic heterocycles. The van der Waals surface area contributed by atoms with Gasteiger partial charge in [-0.25, -0.2) is 0 Å². The van der Waals surface area contributed by atoms with Gasteiger partial charge in [0.1, 0.15) is 17.1 Å². The average Bonchev–Trinajstić information content (AvgIpc) is 2.84. The topological polar surface area (TPSA) is 77.0 Å². The zero-order chi connectivity index (χ0) is 15.5. The number of hydrogen-bond donors (Lipinski definition) is 2. The van der Waals surface area contributed by atoms with Crippen LogP contribution in [-0.2, 0) is 4.74 Å². The average molecular weight is 295 g/mol. The summed E-state index contributed by atoms with van der Waals surface area (Å²) in [5.74, 6) is 0.784. The number of aliphatic hydroxyl groups is 1. The SMILES string of the molecule is COc1cc(OC)cc(C(=O)NCC2(O)CCOC2C)c1. The highest BCUT2D eigenvalue weighted by molar-refractivity contribution is 5.95. The molecule has 6 nitrogen and oxygen atoms in total. The Hall–Kier alpha value is -1.79. The van der Waals surface area contributed by atoms with E-state index in [-0.39, 0.29) is 18.6 Å². The van der Waals surface area contributed by atoms with Crippen molar-refractivity contribution in [2.24, 2.45) is 0 Å². The number of ether oxygens (including phenoxy) is 3. The molecule has 1 saturated heterocycles. The normalized spacial score (nSPS) is 24.7. The Morgan fingerprint density at radius 1 is 1.38 bits per heavy atom. The van der Waals surface area contributed by atoms with Gasteiger partial charge in [0.15, 0.2) is 0 Å². The van der Waals surface area contributed by atoms with Gasteiger partial charge in [0, 0.05) is 31.2 Å². The van der Waals surface area contributed by atoms with Gasteiger partial charge >= 0.3 is 0 Å². The fourth-order valence-corrected chi connectivity index (χ4v) is 2.28. The molecule has 2 atom stereocenters. The molecule has 21 heavy (non-hydrogen) atoms. The van der Waals surface area contributed by atoms with Gasteiger partial charge < -0.3 is 24.6 Å². The van der Waals surface area contributed by atoms with E-state index in [4.69, 9.17) is 14.2 Å². The Labute approximate surface area is 124 Å².